The van der Waals surface area contributed by atoms with E-state index in [4.69, 9.17) is 5.73 Å². The number of hydrogen-bond donors (Lipinski definition) is 1. The highest BCUT2D eigenvalue weighted by atomic mass is 16.5. The SMILES string of the molecule is CCCC(=O)N(C)C(C(=O)OC)C(=O)N(C)[C@@H](CC(C)C)C(N)=O. The van der Waals surface area contributed by atoms with Crippen LogP contribution in [-0.4, -0.2) is 66.8 Å². The Bertz CT molecular complexity index is 478. The fourth-order valence-corrected chi connectivity index (χ4v) is 2.33. The van der Waals surface area contributed by atoms with Crippen molar-refractivity contribution in [2.75, 3.05) is 21.2 Å². The van der Waals surface area contributed by atoms with E-state index in [2.05, 4.69) is 4.74 Å². The van der Waals surface area contributed by atoms with Gasteiger partial charge in [0.2, 0.25) is 17.9 Å². The van der Waals surface area contributed by atoms with Crippen LogP contribution in [0.4, 0.5) is 0 Å². The van der Waals surface area contributed by atoms with Crippen molar-refractivity contribution in [2.45, 2.75) is 52.1 Å². The molecule has 0 saturated heterocycles. The van der Waals surface area contributed by atoms with E-state index in [9.17, 15) is 19.2 Å². The van der Waals surface area contributed by atoms with Gasteiger partial charge < -0.3 is 20.3 Å². The van der Waals surface area contributed by atoms with Crippen molar-refractivity contribution in [2.24, 2.45) is 11.7 Å². The normalized spacial score (nSPS) is 13.1. The van der Waals surface area contributed by atoms with Crippen LogP contribution in [0.1, 0.15) is 40.0 Å². The number of esters is 1. The molecule has 3 amide bonds. The summed E-state index contributed by atoms with van der Waals surface area (Å²) >= 11 is 0. The average molecular weight is 343 g/mol. The molecule has 0 aromatic heterocycles. The van der Waals surface area contributed by atoms with Crippen molar-refractivity contribution >= 4 is 23.7 Å². The lowest BCUT2D eigenvalue weighted by molar-refractivity contribution is -0.161. The fourth-order valence-electron chi connectivity index (χ4n) is 2.33. The number of hydrogen-bond acceptors (Lipinski definition) is 5. The molecular formula is C16H29N3O5. The molecule has 0 rings (SSSR count). The zero-order valence-corrected chi connectivity index (χ0v) is 15.4. The van der Waals surface area contributed by atoms with Gasteiger partial charge in [0.15, 0.2) is 0 Å². The minimum Gasteiger partial charge on any atom is -0.467 e. The summed E-state index contributed by atoms with van der Waals surface area (Å²) in [4.78, 5) is 50.7. The van der Waals surface area contributed by atoms with Gasteiger partial charge in [-0.15, -0.1) is 0 Å². The Balaban J connectivity index is 5.54. The van der Waals surface area contributed by atoms with E-state index in [0.29, 0.717) is 12.8 Å². The second-order valence-electron chi connectivity index (χ2n) is 6.18. The quantitative estimate of drug-likeness (QED) is 0.473. The molecule has 1 unspecified atom stereocenters. The lowest BCUT2D eigenvalue weighted by Crippen LogP contribution is -2.57. The van der Waals surface area contributed by atoms with Gasteiger partial charge in [-0.25, -0.2) is 4.79 Å². The van der Waals surface area contributed by atoms with E-state index < -0.39 is 29.9 Å². The van der Waals surface area contributed by atoms with Crippen molar-refractivity contribution in [1.82, 2.24) is 9.80 Å². The molecule has 0 aromatic carbocycles. The number of likely N-dealkylation sites (N-methyl/N-ethyl adjacent to an activating group) is 2. The summed E-state index contributed by atoms with van der Waals surface area (Å²) in [7, 11) is 3.90. The zero-order chi connectivity index (χ0) is 19.0. The maximum atomic E-state index is 12.7. The van der Waals surface area contributed by atoms with Crippen LogP contribution in [0.25, 0.3) is 0 Å². The first kappa shape index (κ1) is 21.9. The summed E-state index contributed by atoms with van der Waals surface area (Å²) in [6.45, 7) is 5.60. The molecule has 2 N–H and O–H groups in total. The molecule has 2 atom stereocenters. The molecular weight excluding hydrogens is 314 g/mol. The van der Waals surface area contributed by atoms with Crippen LogP contribution in [-0.2, 0) is 23.9 Å². The number of carbonyl (C=O) groups excluding carboxylic acids is 4. The molecule has 24 heavy (non-hydrogen) atoms. The number of carbonyl (C=O) groups is 4. The molecule has 0 aliphatic carbocycles. The highest BCUT2D eigenvalue weighted by molar-refractivity contribution is 6.05. The van der Waals surface area contributed by atoms with E-state index in [1.54, 1.807) is 0 Å². The average Bonchev–Trinajstić information content (AvgIpc) is 2.51. The van der Waals surface area contributed by atoms with Crippen molar-refractivity contribution in [3.63, 3.8) is 0 Å². The van der Waals surface area contributed by atoms with Crippen molar-refractivity contribution in [3.8, 4) is 0 Å². The first-order valence-corrected chi connectivity index (χ1v) is 7.97. The third kappa shape index (κ3) is 5.82. The molecule has 0 heterocycles. The van der Waals surface area contributed by atoms with Crippen LogP contribution < -0.4 is 5.73 Å². The van der Waals surface area contributed by atoms with E-state index in [1.807, 2.05) is 20.8 Å². The number of rotatable bonds is 9. The molecule has 8 heteroatoms. The number of nitrogens with two attached hydrogens (primary N) is 1. The minimum atomic E-state index is -1.44. The van der Waals surface area contributed by atoms with Gasteiger partial charge in [0.1, 0.15) is 6.04 Å². The highest BCUT2D eigenvalue weighted by Gasteiger charge is 2.39. The third-order valence-corrected chi connectivity index (χ3v) is 3.74. The second kappa shape index (κ2) is 9.89. The van der Waals surface area contributed by atoms with E-state index in [1.165, 1.54) is 14.1 Å². The third-order valence-electron chi connectivity index (χ3n) is 3.74. The van der Waals surface area contributed by atoms with Gasteiger partial charge in [-0.2, -0.15) is 0 Å². The topological polar surface area (TPSA) is 110 Å². The van der Waals surface area contributed by atoms with Gasteiger partial charge in [0.25, 0.3) is 5.91 Å². The Kier molecular flexibility index (Phi) is 9.02. The summed E-state index contributed by atoms with van der Waals surface area (Å²) in [6.07, 6.45) is 1.14. The molecule has 0 fully saturated rings. The van der Waals surface area contributed by atoms with Crippen LogP contribution in [0.3, 0.4) is 0 Å². The fraction of sp³-hybridized carbons (Fsp3) is 0.750. The van der Waals surface area contributed by atoms with Crippen LogP contribution >= 0.6 is 0 Å². The lowest BCUT2D eigenvalue weighted by atomic mass is 10.0. The molecule has 0 aromatic rings. The minimum absolute atomic E-state index is 0.119. The molecule has 0 radical (unpaired) electrons. The Hall–Kier alpha value is -2.12. The Morgan fingerprint density at radius 1 is 1.08 bits per heavy atom. The number of primary amides is 1. The predicted molar refractivity (Wildman–Crippen MR) is 88.7 cm³/mol. The van der Waals surface area contributed by atoms with Gasteiger partial charge in [0.05, 0.1) is 7.11 Å². The van der Waals surface area contributed by atoms with Crippen LogP contribution in [0, 0.1) is 5.92 Å². The van der Waals surface area contributed by atoms with Gasteiger partial charge in [0, 0.05) is 20.5 Å². The standard InChI is InChI=1S/C16H29N3O5/c1-7-8-12(20)19(5)13(16(23)24-6)15(22)18(4)11(14(17)21)9-10(2)3/h10-11,13H,7-9H2,1-6H3,(H2,17,21)/t11-,13?/m0/s1. The maximum absolute atomic E-state index is 12.7. The summed E-state index contributed by atoms with van der Waals surface area (Å²) in [6, 6.07) is -2.30. The summed E-state index contributed by atoms with van der Waals surface area (Å²) < 4.78 is 4.66. The number of nitrogens with zero attached hydrogens (tertiary/aromatic N) is 2. The van der Waals surface area contributed by atoms with E-state index >= 15 is 0 Å². The van der Waals surface area contributed by atoms with Gasteiger partial charge >= 0.3 is 5.97 Å². The number of ether oxygens (including phenoxy) is 1. The predicted octanol–water partition coefficient (Wildman–Crippen LogP) is 0.145. The largest absolute Gasteiger partial charge is 0.467 e. The molecule has 0 saturated carbocycles. The first-order chi connectivity index (χ1) is 11.1. The maximum Gasteiger partial charge on any atom is 0.338 e. The first-order valence-electron chi connectivity index (χ1n) is 7.97. The lowest BCUT2D eigenvalue weighted by Gasteiger charge is -2.32. The molecule has 0 aliphatic rings. The molecule has 138 valence electrons. The highest BCUT2D eigenvalue weighted by Crippen LogP contribution is 2.14. The molecule has 8 nitrogen and oxygen atoms in total. The summed E-state index contributed by atoms with van der Waals surface area (Å²) in [5.41, 5.74) is 5.39. The Morgan fingerprint density at radius 3 is 2.00 bits per heavy atom. The van der Waals surface area contributed by atoms with Gasteiger partial charge in [-0.3, -0.25) is 14.4 Å². The zero-order valence-electron chi connectivity index (χ0n) is 15.4. The van der Waals surface area contributed by atoms with Crippen molar-refractivity contribution < 1.29 is 23.9 Å². The van der Waals surface area contributed by atoms with Gasteiger partial charge in [-0.1, -0.05) is 20.8 Å². The Labute approximate surface area is 143 Å². The number of methoxy groups -OCH3 is 1. The van der Waals surface area contributed by atoms with E-state index in [0.717, 1.165) is 16.9 Å². The van der Waals surface area contributed by atoms with Crippen LogP contribution in [0.5, 0.6) is 0 Å². The molecule has 0 spiro atoms. The summed E-state index contributed by atoms with van der Waals surface area (Å²) in [5.74, 6) is -2.45. The molecule has 0 bridgehead atoms. The van der Waals surface area contributed by atoms with Crippen molar-refractivity contribution in [1.29, 1.82) is 0 Å². The Morgan fingerprint density at radius 2 is 1.62 bits per heavy atom. The smallest absolute Gasteiger partial charge is 0.338 e. The molecule has 0 aliphatic heterocycles. The van der Waals surface area contributed by atoms with E-state index in [-0.39, 0.29) is 18.2 Å². The van der Waals surface area contributed by atoms with Gasteiger partial charge in [-0.05, 0) is 18.8 Å². The van der Waals surface area contributed by atoms with Crippen LogP contribution in [0.15, 0.2) is 0 Å². The summed E-state index contributed by atoms with van der Waals surface area (Å²) in [5, 5.41) is 0. The second-order valence-corrected chi connectivity index (χ2v) is 6.18. The van der Waals surface area contributed by atoms with Crippen LogP contribution in [0.2, 0.25) is 0 Å². The number of amides is 3. The van der Waals surface area contributed by atoms with Crippen molar-refractivity contribution in [3.05, 3.63) is 0 Å². The monoisotopic (exact) mass is 343 g/mol.